The zero-order valence-corrected chi connectivity index (χ0v) is 11.4. The number of rotatable bonds is 5. The Kier molecular flexibility index (Phi) is 4.84. The van der Waals surface area contributed by atoms with Gasteiger partial charge in [-0.15, -0.1) is 0 Å². The van der Waals surface area contributed by atoms with Gasteiger partial charge in [0.1, 0.15) is 0 Å². The van der Waals surface area contributed by atoms with E-state index in [9.17, 15) is 0 Å². The van der Waals surface area contributed by atoms with Crippen LogP contribution < -0.4 is 10.2 Å². The largest absolute Gasteiger partial charge is 0.384 e. The Hall–Kier alpha value is -1.26. The van der Waals surface area contributed by atoms with Crippen molar-refractivity contribution >= 4 is 11.4 Å². The van der Waals surface area contributed by atoms with E-state index in [1.165, 1.54) is 11.4 Å². The first-order valence-electron chi connectivity index (χ1n) is 6.57. The third-order valence-corrected chi connectivity index (χ3v) is 3.24. The van der Waals surface area contributed by atoms with Crippen LogP contribution in [0.3, 0.4) is 0 Å². The van der Waals surface area contributed by atoms with Gasteiger partial charge in [-0.25, -0.2) is 0 Å². The van der Waals surface area contributed by atoms with E-state index in [0.29, 0.717) is 0 Å². The molecule has 1 heterocycles. The zero-order chi connectivity index (χ0) is 12.8. The summed E-state index contributed by atoms with van der Waals surface area (Å²) in [7, 11) is 4.11. The smallest absolute Gasteiger partial charge is 0.0594 e. The van der Waals surface area contributed by atoms with Gasteiger partial charge >= 0.3 is 0 Å². The molecule has 1 aliphatic heterocycles. The van der Waals surface area contributed by atoms with Crippen LogP contribution in [0.15, 0.2) is 24.3 Å². The quantitative estimate of drug-likeness (QED) is 0.856. The summed E-state index contributed by atoms with van der Waals surface area (Å²) >= 11 is 0. The van der Waals surface area contributed by atoms with E-state index in [-0.39, 0.29) is 0 Å². The van der Waals surface area contributed by atoms with E-state index >= 15 is 0 Å². The molecule has 0 aliphatic carbocycles. The van der Waals surface area contributed by atoms with Gasteiger partial charge in [0.05, 0.1) is 13.2 Å². The second kappa shape index (κ2) is 6.61. The van der Waals surface area contributed by atoms with Gasteiger partial charge in [0.15, 0.2) is 0 Å². The molecule has 0 unspecified atom stereocenters. The number of nitrogens with one attached hydrogen (secondary N) is 1. The topological polar surface area (TPSA) is 27.7 Å². The van der Waals surface area contributed by atoms with Gasteiger partial charge in [0.2, 0.25) is 0 Å². The second-order valence-electron chi connectivity index (χ2n) is 4.82. The highest BCUT2D eigenvalue weighted by molar-refractivity contribution is 5.54. The fourth-order valence-electron chi connectivity index (χ4n) is 2.06. The van der Waals surface area contributed by atoms with Gasteiger partial charge in [-0.05, 0) is 24.3 Å². The highest BCUT2D eigenvalue weighted by Gasteiger charge is 2.08. The first-order chi connectivity index (χ1) is 8.75. The summed E-state index contributed by atoms with van der Waals surface area (Å²) in [6.45, 7) is 5.93. The molecule has 0 bridgehead atoms. The molecule has 0 spiro atoms. The predicted octanol–water partition coefficient (Wildman–Crippen LogP) is 1.50. The normalized spacial score (nSPS) is 16.6. The molecule has 4 nitrogen and oxygen atoms in total. The average Bonchev–Trinajstić information content (AvgIpc) is 2.40. The van der Waals surface area contributed by atoms with E-state index in [0.717, 1.165) is 39.4 Å². The predicted molar refractivity (Wildman–Crippen MR) is 76.5 cm³/mol. The number of hydrogen-bond acceptors (Lipinski definition) is 4. The Bertz CT molecular complexity index is 345. The van der Waals surface area contributed by atoms with Crippen LogP contribution in [0.2, 0.25) is 0 Å². The van der Waals surface area contributed by atoms with Crippen molar-refractivity contribution in [2.75, 3.05) is 63.7 Å². The van der Waals surface area contributed by atoms with Crippen molar-refractivity contribution in [1.82, 2.24) is 4.90 Å². The van der Waals surface area contributed by atoms with Crippen LogP contribution in [-0.4, -0.2) is 58.4 Å². The SMILES string of the molecule is CN(C)c1ccc(NCCN2CCOCC2)cc1. The molecule has 2 rings (SSSR count). The number of morpholine rings is 1. The number of nitrogens with zero attached hydrogens (tertiary/aromatic N) is 2. The van der Waals surface area contributed by atoms with Crippen LogP contribution in [0.5, 0.6) is 0 Å². The van der Waals surface area contributed by atoms with Crippen molar-refractivity contribution in [2.24, 2.45) is 0 Å². The Morgan fingerprint density at radius 1 is 1.17 bits per heavy atom. The van der Waals surface area contributed by atoms with E-state index in [1.807, 2.05) is 0 Å². The van der Waals surface area contributed by atoms with Crippen LogP contribution >= 0.6 is 0 Å². The van der Waals surface area contributed by atoms with Crippen molar-refractivity contribution in [2.45, 2.75) is 0 Å². The minimum absolute atomic E-state index is 0.873. The fraction of sp³-hybridized carbons (Fsp3) is 0.571. The molecule has 0 amide bonds. The monoisotopic (exact) mass is 249 g/mol. The summed E-state index contributed by atoms with van der Waals surface area (Å²) in [6.07, 6.45) is 0. The summed E-state index contributed by atoms with van der Waals surface area (Å²) in [5.74, 6) is 0. The van der Waals surface area contributed by atoms with Gasteiger partial charge < -0.3 is 15.0 Å². The Morgan fingerprint density at radius 2 is 1.83 bits per heavy atom. The van der Waals surface area contributed by atoms with Gasteiger partial charge in [-0.2, -0.15) is 0 Å². The van der Waals surface area contributed by atoms with E-state index < -0.39 is 0 Å². The zero-order valence-electron chi connectivity index (χ0n) is 11.4. The lowest BCUT2D eigenvalue weighted by Crippen LogP contribution is -2.38. The summed E-state index contributed by atoms with van der Waals surface area (Å²) in [6, 6.07) is 8.54. The second-order valence-corrected chi connectivity index (χ2v) is 4.82. The lowest BCUT2D eigenvalue weighted by molar-refractivity contribution is 0.0398. The van der Waals surface area contributed by atoms with Crippen LogP contribution in [0.1, 0.15) is 0 Å². The first-order valence-corrected chi connectivity index (χ1v) is 6.57. The van der Waals surface area contributed by atoms with Crippen molar-refractivity contribution < 1.29 is 4.74 Å². The van der Waals surface area contributed by atoms with Crippen molar-refractivity contribution in [3.8, 4) is 0 Å². The van der Waals surface area contributed by atoms with Crippen LogP contribution in [0.25, 0.3) is 0 Å². The van der Waals surface area contributed by atoms with Gasteiger partial charge in [-0.1, -0.05) is 0 Å². The number of benzene rings is 1. The number of ether oxygens (including phenoxy) is 1. The molecule has 18 heavy (non-hydrogen) atoms. The maximum Gasteiger partial charge on any atom is 0.0594 e. The highest BCUT2D eigenvalue weighted by Crippen LogP contribution is 2.15. The van der Waals surface area contributed by atoms with Crippen molar-refractivity contribution in [1.29, 1.82) is 0 Å². The molecule has 1 fully saturated rings. The molecule has 0 saturated carbocycles. The lowest BCUT2D eigenvalue weighted by atomic mass is 10.2. The van der Waals surface area contributed by atoms with Crippen molar-refractivity contribution in [3.63, 3.8) is 0 Å². The van der Waals surface area contributed by atoms with Gasteiger partial charge in [0.25, 0.3) is 0 Å². The van der Waals surface area contributed by atoms with Crippen molar-refractivity contribution in [3.05, 3.63) is 24.3 Å². The molecular weight excluding hydrogens is 226 g/mol. The van der Waals surface area contributed by atoms with Crippen LogP contribution in [0, 0.1) is 0 Å². The minimum atomic E-state index is 0.873. The van der Waals surface area contributed by atoms with Crippen LogP contribution in [-0.2, 0) is 4.74 Å². The third kappa shape index (κ3) is 3.89. The maximum atomic E-state index is 5.33. The molecule has 1 aromatic rings. The summed E-state index contributed by atoms with van der Waals surface area (Å²) in [5, 5.41) is 3.46. The summed E-state index contributed by atoms with van der Waals surface area (Å²) < 4.78 is 5.33. The van der Waals surface area contributed by atoms with Gasteiger partial charge in [0, 0.05) is 51.6 Å². The molecule has 1 aliphatic rings. The standard InChI is InChI=1S/C14H23N3O/c1-16(2)14-5-3-13(4-6-14)15-7-8-17-9-11-18-12-10-17/h3-6,15H,7-12H2,1-2H3. The molecule has 0 aromatic heterocycles. The number of hydrogen-bond donors (Lipinski definition) is 1. The minimum Gasteiger partial charge on any atom is -0.384 e. The first kappa shape index (κ1) is 13.2. The Morgan fingerprint density at radius 3 is 2.44 bits per heavy atom. The molecule has 0 atom stereocenters. The molecule has 100 valence electrons. The molecule has 0 radical (unpaired) electrons. The molecular formula is C14H23N3O. The van der Waals surface area contributed by atoms with E-state index in [1.54, 1.807) is 0 Å². The van der Waals surface area contributed by atoms with Crippen LogP contribution in [0.4, 0.5) is 11.4 Å². The Labute approximate surface area is 110 Å². The maximum absolute atomic E-state index is 5.33. The molecule has 4 heteroatoms. The fourth-order valence-corrected chi connectivity index (χ4v) is 2.06. The number of anilines is 2. The molecule has 1 aromatic carbocycles. The average molecular weight is 249 g/mol. The van der Waals surface area contributed by atoms with E-state index in [4.69, 9.17) is 4.74 Å². The highest BCUT2D eigenvalue weighted by atomic mass is 16.5. The summed E-state index contributed by atoms with van der Waals surface area (Å²) in [5.41, 5.74) is 2.42. The van der Waals surface area contributed by atoms with E-state index in [2.05, 4.69) is 53.5 Å². The third-order valence-electron chi connectivity index (χ3n) is 3.24. The molecule has 1 N–H and O–H groups in total. The molecule has 1 saturated heterocycles. The van der Waals surface area contributed by atoms with Gasteiger partial charge in [-0.3, -0.25) is 4.90 Å². The lowest BCUT2D eigenvalue weighted by Gasteiger charge is -2.26. The Balaban J connectivity index is 1.72. The summed E-state index contributed by atoms with van der Waals surface area (Å²) in [4.78, 5) is 4.54.